The zero-order valence-corrected chi connectivity index (χ0v) is 18.2. The Morgan fingerprint density at radius 3 is 2.47 bits per heavy atom. The molecule has 1 aromatic heterocycles. The lowest BCUT2D eigenvalue weighted by Gasteiger charge is -2.17. The quantitative estimate of drug-likeness (QED) is 0.567. The molecule has 3 aromatic rings. The van der Waals surface area contributed by atoms with Crippen LogP contribution in [0, 0.1) is 0 Å². The number of benzene rings is 2. The van der Waals surface area contributed by atoms with Crippen molar-refractivity contribution in [2.75, 3.05) is 26.0 Å². The number of rotatable bonds is 7. The van der Waals surface area contributed by atoms with Crippen molar-refractivity contribution in [2.24, 2.45) is 4.36 Å². The van der Waals surface area contributed by atoms with Gasteiger partial charge in [-0.1, -0.05) is 30.3 Å². The predicted molar refractivity (Wildman–Crippen MR) is 121 cm³/mol. The van der Waals surface area contributed by atoms with E-state index in [9.17, 15) is 18.9 Å². The molecule has 2 aromatic carbocycles. The molecular weight excluding hydrogens is 430 g/mol. The highest BCUT2D eigenvalue weighted by Crippen LogP contribution is 2.24. The van der Waals surface area contributed by atoms with Crippen LogP contribution in [0.1, 0.15) is 10.4 Å². The zero-order chi connectivity index (χ0) is 23.1. The second-order valence-corrected chi connectivity index (χ2v) is 9.27. The predicted octanol–water partition coefficient (Wildman–Crippen LogP) is 2.57. The van der Waals surface area contributed by atoms with Gasteiger partial charge in [0.15, 0.2) is 0 Å². The summed E-state index contributed by atoms with van der Waals surface area (Å²) in [6.45, 7) is -0.161. The van der Waals surface area contributed by atoms with E-state index < -0.39 is 27.3 Å². The average Bonchev–Trinajstić information content (AvgIpc) is 2.80. The fourth-order valence-corrected chi connectivity index (χ4v) is 4.79. The molecule has 0 saturated carbocycles. The zero-order valence-electron chi connectivity index (χ0n) is 17.4. The Bertz CT molecular complexity index is 1240. The van der Waals surface area contributed by atoms with Crippen LogP contribution in [0.15, 0.2) is 82.3 Å². The summed E-state index contributed by atoms with van der Waals surface area (Å²) in [6, 6.07) is 16.2. The Balaban J connectivity index is 2.01. The highest BCUT2D eigenvalue weighted by atomic mass is 32.2. The average molecular weight is 454 g/mol. The number of phenols is 1. The maximum atomic E-state index is 13.7. The summed E-state index contributed by atoms with van der Waals surface area (Å²) in [5.41, 5.74) is 1.33. The Kier molecular flexibility index (Phi) is 7.34. The van der Waals surface area contributed by atoms with Gasteiger partial charge in [-0.25, -0.2) is 4.21 Å². The molecule has 0 fully saturated rings. The van der Waals surface area contributed by atoms with Crippen LogP contribution < -0.4 is 0 Å². The molecule has 2 N–H and O–H groups in total. The number of pyridine rings is 1. The molecule has 32 heavy (non-hydrogen) atoms. The third-order valence-electron chi connectivity index (χ3n) is 4.69. The van der Waals surface area contributed by atoms with Gasteiger partial charge in [0.1, 0.15) is 11.5 Å². The molecule has 0 bridgehead atoms. The molecule has 0 radical (unpaired) electrons. The van der Waals surface area contributed by atoms with E-state index in [1.165, 1.54) is 42.5 Å². The van der Waals surface area contributed by atoms with Crippen LogP contribution in [0.4, 0.5) is 0 Å². The molecule has 0 unspecified atom stereocenters. The van der Waals surface area contributed by atoms with Crippen LogP contribution in [-0.2, 0) is 14.5 Å². The third-order valence-corrected chi connectivity index (χ3v) is 6.79. The van der Waals surface area contributed by atoms with E-state index in [1.807, 2.05) is 0 Å². The lowest BCUT2D eigenvalue weighted by atomic mass is 10.1. The number of aromatic nitrogens is 1. The van der Waals surface area contributed by atoms with Gasteiger partial charge in [0.25, 0.3) is 5.91 Å². The Morgan fingerprint density at radius 2 is 1.78 bits per heavy atom. The summed E-state index contributed by atoms with van der Waals surface area (Å²) in [6.07, 6.45) is 2.84. The number of phenolic OH excluding ortho intramolecular Hbond substituents is 1. The van der Waals surface area contributed by atoms with E-state index in [2.05, 4.69) is 9.35 Å². The second kappa shape index (κ2) is 10.2. The second-order valence-electron chi connectivity index (χ2n) is 7.05. The number of hydrogen-bond acceptors (Lipinski definition) is 6. The smallest absolute Gasteiger partial charge is 0.286 e. The van der Waals surface area contributed by atoms with Crippen LogP contribution in [0.5, 0.6) is 5.75 Å². The Hall–Kier alpha value is -3.56. The van der Waals surface area contributed by atoms with Gasteiger partial charge >= 0.3 is 0 Å². The number of aliphatic hydroxyl groups excluding tert-OH is 1. The summed E-state index contributed by atoms with van der Waals surface area (Å²) in [5, 5.41) is 18.8. The summed E-state index contributed by atoms with van der Waals surface area (Å²) in [4.78, 5) is 31.1. The van der Waals surface area contributed by atoms with Gasteiger partial charge in [0, 0.05) is 36.4 Å². The minimum atomic E-state index is -3.43. The molecule has 8 nitrogen and oxygen atoms in total. The van der Waals surface area contributed by atoms with Crippen molar-refractivity contribution in [3.63, 3.8) is 0 Å². The van der Waals surface area contributed by atoms with Gasteiger partial charge in [-0.15, -0.1) is 0 Å². The molecule has 166 valence electrons. The van der Waals surface area contributed by atoms with E-state index in [-0.39, 0.29) is 29.4 Å². The van der Waals surface area contributed by atoms with E-state index in [1.54, 1.807) is 42.5 Å². The number of amides is 2. The molecule has 9 heteroatoms. The first-order valence-electron chi connectivity index (χ1n) is 9.76. The van der Waals surface area contributed by atoms with Gasteiger partial charge in [-0.2, -0.15) is 4.36 Å². The standard InChI is InChI=1S/C23H23N3O5S/c1-26(10-11-27)22(29)16-32(31,21-8-3-2-4-9-21)25-23(30)19-12-18(14-24-15-19)17-6-5-7-20(28)13-17/h2-9,12-15,27-28H,10-11,16H2,1H3/t32-/m0/s1. The number of aromatic hydroxyl groups is 1. The first-order valence-corrected chi connectivity index (χ1v) is 11.4. The molecular formula is C23H23N3O5S. The Labute approximate surface area is 186 Å². The molecule has 3 rings (SSSR count). The van der Waals surface area contributed by atoms with Crippen molar-refractivity contribution in [2.45, 2.75) is 4.90 Å². The molecule has 0 aliphatic rings. The van der Waals surface area contributed by atoms with Crippen LogP contribution in [0.3, 0.4) is 0 Å². The fraction of sp³-hybridized carbons (Fsp3) is 0.174. The number of aliphatic hydroxyl groups is 1. The number of carbonyl (C=O) groups excluding carboxylic acids is 2. The maximum absolute atomic E-state index is 13.7. The van der Waals surface area contributed by atoms with Gasteiger partial charge in [-0.05, 0) is 35.9 Å². The number of carbonyl (C=O) groups is 2. The monoisotopic (exact) mass is 453 g/mol. The van der Waals surface area contributed by atoms with E-state index in [0.29, 0.717) is 11.1 Å². The van der Waals surface area contributed by atoms with Crippen LogP contribution in [0.2, 0.25) is 0 Å². The van der Waals surface area contributed by atoms with Crippen LogP contribution in [0.25, 0.3) is 11.1 Å². The van der Waals surface area contributed by atoms with Crippen molar-refractivity contribution < 1.29 is 24.0 Å². The van der Waals surface area contributed by atoms with Crippen molar-refractivity contribution in [3.8, 4) is 16.9 Å². The SMILES string of the molecule is CN(CCO)C(=O)C[S@@](=O)(=NC(=O)c1cncc(-c2cccc(O)c2)c1)c1ccccc1. The normalized spacial score (nSPS) is 12.6. The summed E-state index contributed by atoms with van der Waals surface area (Å²) in [5.74, 6) is -1.71. The van der Waals surface area contributed by atoms with Gasteiger partial charge in [0.2, 0.25) is 5.91 Å². The van der Waals surface area contributed by atoms with Crippen molar-refractivity contribution in [3.05, 3.63) is 78.6 Å². The maximum Gasteiger partial charge on any atom is 0.286 e. The lowest BCUT2D eigenvalue weighted by Crippen LogP contribution is -2.34. The minimum Gasteiger partial charge on any atom is -0.508 e. The highest BCUT2D eigenvalue weighted by molar-refractivity contribution is 7.94. The number of hydrogen-bond donors (Lipinski definition) is 2. The molecule has 1 atom stereocenters. The van der Waals surface area contributed by atoms with Crippen molar-refractivity contribution >= 4 is 21.5 Å². The van der Waals surface area contributed by atoms with Crippen molar-refractivity contribution in [1.29, 1.82) is 0 Å². The lowest BCUT2D eigenvalue weighted by molar-refractivity contribution is -0.127. The Morgan fingerprint density at radius 1 is 1.03 bits per heavy atom. The molecule has 0 aliphatic carbocycles. The summed E-state index contributed by atoms with van der Waals surface area (Å²) >= 11 is 0. The minimum absolute atomic E-state index is 0.0709. The van der Waals surface area contributed by atoms with Gasteiger partial charge in [0.05, 0.1) is 21.9 Å². The van der Waals surface area contributed by atoms with Gasteiger partial charge < -0.3 is 15.1 Å². The first-order chi connectivity index (χ1) is 15.3. The third kappa shape index (κ3) is 5.57. The first kappa shape index (κ1) is 23.1. The fourth-order valence-electron chi connectivity index (χ4n) is 2.94. The number of likely N-dealkylation sites (N-methyl/N-ethyl adjacent to an activating group) is 1. The largest absolute Gasteiger partial charge is 0.508 e. The summed E-state index contributed by atoms with van der Waals surface area (Å²) < 4.78 is 17.7. The molecule has 0 aliphatic heterocycles. The molecule has 2 amide bonds. The molecule has 1 heterocycles. The topological polar surface area (TPSA) is 120 Å². The van der Waals surface area contributed by atoms with E-state index in [0.717, 1.165) is 0 Å². The molecule has 0 spiro atoms. The highest BCUT2D eigenvalue weighted by Gasteiger charge is 2.22. The summed E-state index contributed by atoms with van der Waals surface area (Å²) in [7, 11) is -1.95. The molecule has 0 saturated heterocycles. The van der Waals surface area contributed by atoms with Crippen molar-refractivity contribution in [1.82, 2.24) is 9.88 Å². The van der Waals surface area contributed by atoms with E-state index >= 15 is 0 Å². The number of nitrogens with zero attached hydrogens (tertiary/aromatic N) is 3. The van der Waals surface area contributed by atoms with E-state index in [4.69, 9.17) is 5.11 Å². The van der Waals surface area contributed by atoms with Crippen LogP contribution in [-0.4, -0.2) is 62.1 Å². The van der Waals surface area contributed by atoms with Gasteiger partial charge in [-0.3, -0.25) is 14.6 Å². The van der Waals surface area contributed by atoms with Crippen LogP contribution >= 0.6 is 0 Å².